The molecular formula is C29H34O5. The normalized spacial score (nSPS) is 46.3. The standard InChI is InChI=1S/C29H34O5/c1-7-20-28(4)21(30)12-13-27(3)24(28)23(34-26(27)31)25-29(20,5)22-15(2)18(14-19(22)33-25)16-8-10-17(32-6)11-9-16/h8-13,18-20,23-25H,7,14H2,1-6H3/t18-,19-,20-,23-,24+,25-,27-,28+,29-/m1/s1. The molecule has 3 fully saturated rings. The molecule has 3 aliphatic carbocycles. The van der Waals surface area contributed by atoms with E-state index in [4.69, 9.17) is 14.2 Å². The van der Waals surface area contributed by atoms with Gasteiger partial charge in [0.2, 0.25) is 0 Å². The van der Waals surface area contributed by atoms with E-state index in [2.05, 4.69) is 39.8 Å². The number of hydrogen-bond acceptors (Lipinski definition) is 5. The van der Waals surface area contributed by atoms with Gasteiger partial charge in [-0.05, 0) is 55.5 Å². The van der Waals surface area contributed by atoms with Crippen LogP contribution < -0.4 is 4.74 Å². The molecule has 9 atom stereocenters. The Bertz CT molecular complexity index is 1150. The quantitative estimate of drug-likeness (QED) is 0.467. The van der Waals surface area contributed by atoms with Crippen molar-refractivity contribution in [3.05, 3.63) is 53.1 Å². The van der Waals surface area contributed by atoms with Crippen molar-refractivity contribution in [1.29, 1.82) is 0 Å². The first-order valence-electron chi connectivity index (χ1n) is 12.6. The highest BCUT2D eigenvalue weighted by molar-refractivity contribution is 6.00. The Balaban J connectivity index is 1.50. The first kappa shape index (κ1) is 22.1. The summed E-state index contributed by atoms with van der Waals surface area (Å²) >= 11 is 0. The molecule has 0 unspecified atom stereocenters. The average Bonchev–Trinajstić information content (AvgIpc) is 3.40. The topological polar surface area (TPSA) is 61.8 Å². The lowest BCUT2D eigenvalue weighted by Crippen LogP contribution is -2.65. The van der Waals surface area contributed by atoms with Gasteiger partial charge in [-0.2, -0.15) is 0 Å². The van der Waals surface area contributed by atoms with Crippen molar-refractivity contribution in [3.63, 3.8) is 0 Å². The van der Waals surface area contributed by atoms with Crippen LogP contribution >= 0.6 is 0 Å². The lowest BCUT2D eigenvalue weighted by atomic mass is 9.42. The molecule has 0 bridgehead atoms. The maximum absolute atomic E-state index is 13.6. The van der Waals surface area contributed by atoms with Gasteiger partial charge in [-0.15, -0.1) is 0 Å². The first-order chi connectivity index (χ1) is 16.1. The summed E-state index contributed by atoms with van der Waals surface area (Å²) in [6.45, 7) is 10.7. The molecule has 5 nitrogen and oxygen atoms in total. The second kappa shape index (κ2) is 6.84. The van der Waals surface area contributed by atoms with Crippen molar-refractivity contribution < 1.29 is 23.8 Å². The van der Waals surface area contributed by atoms with E-state index in [-0.39, 0.29) is 47.1 Å². The maximum atomic E-state index is 13.6. The fraction of sp³-hybridized carbons (Fsp3) is 0.586. The van der Waals surface area contributed by atoms with E-state index in [1.165, 1.54) is 16.7 Å². The number of ketones is 1. The lowest BCUT2D eigenvalue weighted by Gasteiger charge is -2.59. The molecular weight excluding hydrogens is 428 g/mol. The van der Waals surface area contributed by atoms with Gasteiger partial charge in [-0.3, -0.25) is 9.59 Å². The minimum atomic E-state index is -0.780. The van der Waals surface area contributed by atoms with Crippen molar-refractivity contribution in [3.8, 4) is 5.75 Å². The molecule has 0 spiro atoms. The number of methoxy groups -OCH3 is 1. The molecule has 5 heteroatoms. The van der Waals surface area contributed by atoms with E-state index < -0.39 is 16.9 Å². The number of hydrogen-bond donors (Lipinski definition) is 0. The van der Waals surface area contributed by atoms with Gasteiger partial charge in [-0.25, -0.2) is 0 Å². The Labute approximate surface area is 201 Å². The minimum Gasteiger partial charge on any atom is -0.497 e. The fourth-order valence-electron chi connectivity index (χ4n) is 8.94. The molecule has 34 heavy (non-hydrogen) atoms. The zero-order valence-corrected chi connectivity index (χ0v) is 20.9. The van der Waals surface area contributed by atoms with Crippen LogP contribution in [-0.2, 0) is 19.1 Å². The molecule has 1 aromatic rings. The number of ether oxygens (including phenoxy) is 3. The molecule has 1 aromatic carbocycles. The second-order valence-electron chi connectivity index (χ2n) is 11.6. The zero-order valence-electron chi connectivity index (χ0n) is 20.9. The Morgan fingerprint density at radius 1 is 1.09 bits per heavy atom. The molecule has 2 saturated heterocycles. The van der Waals surface area contributed by atoms with E-state index in [0.717, 1.165) is 18.6 Å². The summed E-state index contributed by atoms with van der Waals surface area (Å²) in [5, 5.41) is 0. The third kappa shape index (κ3) is 2.35. The fourth-order valence-corrected chi connectivity index (χ4v) is 8.94. The zero-order chi connectivity index (χ0) is 24.2. The number of allylic oxidation sites excluding steroid dienone is 2. The van der Waals surface area contributed by atoms with E-state index >= 15 is 0 Å². The van der Waals surface area contributed by atoms with Crippen LogP contribution in [0.15, 0.2) is 47.6 Å². The van der Waals surface area contributed by atoms with Crippen LogP contribution in [0.1, 0.15) is 58.9 Å². The molecule has 2 aliphatic heterocycles. The monoisotopic (exact) mass is 462 g/mol. The van der Waals surface area contributed by atoms with Gasteiger partial charge in [0.05, 0.1) is 18.6 Å². The Kier molecular flexibility index (Phi) is 4.44. The molecule has 1 saturated carbocycles. The number of fused-ring (bicyclic) bond motifs is 4. The summed E-state index contributed by atoms with van der Waals surface area (Å²) in [6.07, 6.45) is 4.50. The molecule has 0 N–H and O–H groups in total. The van der Waals surface area contributed by atoms with Gasteiger partial charge in [0.1, 0.15) is 18.0 Å². The van der Waals surface area contributed by atoms with Crippen LogP contribution in [0.3, 0.4) is 0 Å². The maximum Gasteiger partial charge on any atom is 0.316 e. The van der Waals surface area contributed by atoms with Gasteiger partial charge < -0.3 is 14.2 Å². The number of carbonyl (C=O) groups is 2. The highest BCUT2D eigenvalue weighted by Crippen LogP contribution is 2.71. The van der Waals surface area contributed by atoms with Crippen molar-refractivity contribution in [2.45, 2.75) is 71.7 Å². The van der Waals surface area contributed by atoms with Crippen molar-refractivity contribution in [2.75, 3.05) is 7.11 Å². The van der Waals surface area contributed by atoms with Crippen LogP contribution in [0.5, 0.6) is 5.75 Å². The van der Waals surface area contributed by atoms with Crippen LogP contribution in [0.25, 0.3) is 0 Å². The number of benzene rings is 1. The minimum absolute atomic E-state index is 0.0199. The molecule has 0 radical (unpaired) electrons. The molecule has 0 aromatic heterocycles. The third-order valence-corrected chi connectivity index (χ3v) is 10.3. The van der Waals surface area contributed by atoms with Gasteiger partial charge in [0, 0.05) is 22.7 Å². The number of esters is 1. The van der Waals surface area contributed by atoms with Gasteiger partial charge in [-0.1, -0.05) is 51.0 Å². The highest BCUT2D eigenvalue weighted by Gasteiger charge is 2.77. The third-order valence-electron chi connectivity index (χ3n) is 10.3. The van der Waals surface area contributed by atoms with Crippen LogP contribution in [-0.4, -0.2) is 37.2 Å². The molecule has 0 amide bonds. The first-order valence-corrected chi connectivity index (χ1v) is 12.6. The molecule has 6 rings (SSSR count). The molecule has 5 aliphatic rings. The Morgan fingerprint density at radius 2 is 1.79 bits per heavy atom. The van der Waals surface area contributed by atoms with E-state index in [1.54, 1.807) is 19.3 Å². The summed E-state index contributed by atoms with van der Waals surface area (Å²) in [6, 6.07) is 8.31. The van der Waals surface area contributed by atoms with Crippen molar-refractivity contribution >= 4 is 11.8 Å². The van der Waals surface area contributed by atoms with E-state index in [9.17, 15) is 9.59 Å². The van der Waals surface area contributed by atoms with E-state index in [1.807, 2.05) is 19.1 Å². The summed E-state index contributed by atoms with van der Waals surface area (Å²) in [5.41, 5.74) is 2.10. The summed E-state index contributed by atoms with van der Waals surface area (Å²) in [5.74, 6) is 0.871. The number of rotatable bonds is 3. The summed E-state index contributed by atoms with van der Waals surface area (Å²) < 4.78 is 18.3. The molecule has 2 heterocycles. The SMILES string of the molecule is CC[C@H]1[C@]2(C)C3=C(C)[C@H](c4ccc(OC)cc4)C[C@H]3O[C@@H]2[C@@H]2OC(=O)[C@]3(C)C=CC(=O)[C@@]1(C)[C@@H]23. The highest BCUT2D eigenvalue weighted by atomic mass is 16.6. The number of carbonyl (C=O) groups excluding carboxylic acids is 2. The second-order valence-corrected chi connectivity index (χ2v) is 11.6. The summed E-state index contributed by atoms with van der Waals surface area (Å²) in [7, 11) is 1.68. The van der Waals surface area contributed by atoms with Crippen molar-refractivity contribution in [2.24, 2.45) is 28.1 Å². The average molecular weight is 463 g/mol. The van der Waals surface area contributed by atoms with Gasteiger partial charge >= 0.3 is 5.97 Å². The Morgan fingerprint density at radius 3 is 2.44 bits per heavy atom. The van der Waals surface area contributed by atoms with Crippen LogP contribution in [0.2, 0.25) is 0 Å². The van der Waals surface area contributed by atoms with Crippen LogP contribution in [0.4, 0.5) is 0 Å². The van der Waals surface area contributed by atoms with E-state index in [0.29, 0.717) is 0 Å². The molecule has 180 valence electrons. The van der Waals surface area contributed by atoms with Gasteiger partial charge in [0.15, 0.2) is 5.78 Å². The smallest absolute Gasteiger partial charge is 0.316 e. The Hall–Kier alpha value is -2.40. The predicted octanol–water partition coefficient (Wildman–Crippen LogP) is 5.01. The lowest BCUT2D eigenvalue weighted by molar-refractivity contribution is -0.186. The van der Waals surface area contributed by atoms with Crippen LogP contribution in [0, 0.1) is 28.1 Å². The van der Waals surface area contributed by atoms with Gasteiger partial charge in [0.25, 0.3) is 0 Å². The predicted molar refractivity (Wildman–Crippen MR) is 127 cm³/mol. The largest absolute Gasteiger partial charge is 0.497 e. The van der Waals surface area contributed by atoms with Crippen molar-refractivity contribution in [1.82, 2.24) is 0 Å². The summed E-state index contributed by atoms with van der Waals surface area (Å²) in [4.78, 5) is 26.8.